The Morgan fingerprint density at radius 3 is 2.59 bits per heavy atom. The van der Waals surface area contributed by atoms with Gasteiger partial charge in [-0.15, -0.1) is 0 Å². The van der Waals surface area contributed by atoms with Crippen LogP contribution in [-0.4, -0.2) is 36.7 Å². The molecule has 146 valence electrons. The van der Waals surface area contributed by atoms with Crippen molar-refractivity contribution in [3.05, 3.63) is 59.8 Å². The number of ether oxygens (including phenoxy) is 2. The molecule has 0 atom stereocenters. The van der Waals surface area contributed by atoms with Crippen molar-refractivity contribution in [1.82, 2.24) is 15.6 Å². The monoisotopic (exact) mass is 370 g/mol. The Labute approximate surface area is 162 Å². The average Bonchev–Trinajstić information content (AvgIpc) is 2.70. The van der Waals surface area contributed by atoms with Crippen molar-refractivity contribution in [2.45, 2.75) is 39.5 Å². The van der Waals surface area contributed by atoms with Crippen molar-refractivity contribution in [1.29, 1.82) is 0 Å². The van der Waals surface area contributed by atoms with Crippen LogP contribution in [0.2, 0.25) is 0 Å². The number of aliphatic imine (C=N–C) groups is 1. The van der Waals surface area contributed by atoms with Gasteiger partial charge >= 0.3 is 0 Å². The molecule has 2 N–H and O–H groups in total. The molecule has 0 aliphatic rings. The smallest absolute Gasteiger partial charge is 0.218 e. The fraction of sp³-hybridized carbons (Fsp3) is 0.429. The molecule has 0 aliphatic carbocycles. The molecule has 0 amide bonds. The molecule has 0 bridgehead atoms. The van der Waals surface area contributed by atoms with Gasteiger partial charge in [-0.25, -0.2) is 9.98 Å². The first-order chi connectivity index (χ1) is 13.0. The van der Waals surface area contributed by atoms with Crippen molar-refractivity contribution in [2.24, 2.45) is 4.99 Å². The van der Waals surface area contributed by atoms with Gasteiger partial charge in [-0.3, -0.25) is 0 Å². The van der Waals surface area contributed by atoms with E-state index in [9.17, 15) is 0 Å². The molecule has 0 fully saturated rings. The van der Waals surface area contributed by atoms with Crippen LogP contribution >= 0.6 is 0 Å². The van der Waals surface area contributed by atoms with Crippen LogP contribution in [0.5, 0.6) is 5.88 Å². The zero-order chi connectivity index (χ0) is 19.5. The Balaban J connectivity index is 2.02. The molecule has 27 heavy (non-hydrogen) atoms. The summed E-state index contributed by atoms with van der Waals surface area (Å²) in [4.78, 5) is 9.02. The summed E-state index contributed by atoms with van der Waals surface area (Å²) >= 11 is 0. The van der Waals surface area contributed by atoms with Crippen LogP contribution in [0.1, 0.15) is 31.9 Å². The van der Waals surface area contributed by atoms with Crippen LogP contribution in [0, 0.1) is 0 Å². The summed E-state index contributed by atoms with van der Waals surface area (Å²) in [5, 5.41) is 6.56. The third kappa shape index (κ3) is 7.27. The first-order valence-electron chi connectivity index (χ1n) is 9.22. The van der Waals surface area contributed by atoms with Gasteiger partial charge in [-0.05, 0) is 32.4 Å². The van der Waals surface area contributed by atoms with E-state index < -0.39 is 0 Å². The van der Waals surface area contributed by atoms with Crippen LogP contribution in [0.4, 0.5) is 0 Å². The minimum atomic E-state index is -0.269. The van der Waals surface area contributed by atoms with Crippen LogP contribution in [0.25, 0.3) is 0 Å². The zero-order valence-electron chi connectivity index (χ0n) is 16.7. The summed E-state index contributed by atoms with van der Waals surface area (Å²) in [5.74, 6) is 1.35. The average molecular weight is 370 g/mol. The molecule has 0 saturated carbocycles. The van der Waals surface area contributed by atoms with E-state index in [0.29, 0.717) is 25.6 Å². The molecule has 6 nitrogen and oxygen atoms in total. The van der Waals surface area contributed by atoms with E-state index in [1.807, 2.05) is 63.2 Å². The first kappa shape index (κ1) is 20.7. The number of nitrogens with one attached hydrogen (secondary N) is 2. The molecule has 0 radical (unpaired) electrons. The minimum absolute atomic E-state index is 0.269. The number of methoxy groups -OCH3 is 1. The number of hydrogen-bond donors (Lipinski definition) is 2. The molecule has 6 heteroatoms. The van der Waals surface area contributed by atoms with Gasteiger partial charge in [0.25, 0.3) is 0 Å². The summed E-state index contributed by atoms with van der Waals surface area (Å²) in [6, 6.07) is 13.9. The Bertz CT molecular complexity index is 717. The lowest BCUT2D eigenvalue weighted by molar-refractivity contribution is 0.0268. The normalized spacial score (nSPS) is 11.9. The molecule has 1 aromatic heterocycles. The lowest BCUT2D eigenvalue weighted by atomic mass is 10.1. The maximum atomic E-state index is 5.91. The fourth-order valence-electron chi connectivity index (χ4n) is 2.28. The molecule has 1 heterocycles. The van der Waals surface area contributed by atoms with Crippen molar-refractivity contribution >= 4 is 5.96 Å². The predicted octanol–water partition coefficient (Wildman–Crippen LogP) is 3.14. The number of guanidine groups is 1. The van der Waals surface area contributed by atoms with Gasteiger partial charge in [0, 0.05) is 32.0 Å². The Kier molecular flexibility index (Phi) is 8.07. The Hall–Kier alpha value is -2.60. The summed E-state index contributed by atoms with van der Waals surface area (Å²) < 4.78 is 11.4. The number of pyridine rings is 1. The van der Waals surface area contributed by atoms with Gasteiger partial charge in [0.2, 0.25) is 5.88 Å². The highest BCUT2D eigenvalue weighted by atomic mass is 16.5. The maximum Gasteiger partial charge on any atom is 0.218 e. The summed E-state index contributed by atoms with van der Waals surface area (Å²) in [7, 11) is 1.71. The Morgan fingerprint density at radius 1 is 1.11 bits per heavy atom. The lowest BCUT2D eigenvalue weighted by Crippen LogP contribution is -2.45. The van der Waals surface area contributed by atoms with Gasteiger partial charge in [0.1, 0.15) is 6.61 Å². The van der Waals surface area contributed by atoms with Crippen molar-refractivity contribution in [3.8, 4) is 5.88 Å². The fourth-order valence-corrected chi connectivity index (χ4v) is 2.28. The maximum absolute atomic E-state index is 5.91. The molecule has 1 aromatic carbocycles. The quantitative estimate of drug-likeness (QED) is 0.524. The molecule has 0 aliphatic heterocycles. The molecule has 0 spiro atoms. The molecule has 0 unspecified atom stereocenters. The van der Waals surface area contributed by atoms with Gasteiger partial charge in [0.05, 0.1) is 12.1 Å². The highest BCUT2D eigenvalue weighted by Gasteiger charge is 2.16. The van der Waals surface area contributed by atoms with Crippen molar-refractivity contribution < 1.29 is 9.47 Å². The molecule has 0 saturated heterocycles. The van der Waals surface area contributed by atoms with E-state index in [4.69, 9.17) is 9.47 Å². The molecular weight excluding hydrogens is 340 g/mol. The SMILES string of the molecule is CCNC(=NCc1cccnc1OCc1ccccc1)NCC(C)(C)OC. The third-order valence-electron chi connectivity index (χ3n) is 4.05. The van der Waals surface area contributed by atoms with E-state index in [-0.39, 0.29) is 5.60 Å². The van der Waals surface area contributed by atoms with Gasteiger partial charge < -0.3 is 20.1 Å². The van der Waals surface area contributed by atoms with Crippen LogP contribution in [0.3, 0.4) is 0 Å². The number of rotatable bonds is 9. The number of hydrogen-bond acceptors (Lipinski definition) is 4. The molecule has 2 rings (SSSR count). The topological polar surface area (TPSA) is 67.8 Å². The van der Waals surface area contributed by atoms with E-state index in [1.54, 1.807) is 13.3 Å². The van der Waals surface area contributed by atoms with Gasteiger partial charge in [-0.1, -0.05) is 36.4 Å². The number of aromatic nitrogens is 1. The van der Waals surface area contributed by atoms with E-state index in [1.165, 1.54) is 0 Å². The standard InChI is InChI=1S/C21H30N4O2/c1-5-22-20(25-16-21(2,3)26-4)24-14-18-12-9-13-23-19(18)27-15-17-10-7-6-8-11-17/h6-13H,5,14-16H2,1-4H3,(H2,22,24,25). The molecular formula is C21H30N4O2. The van der Waals surface area contributed by atoms with E-state index in [0.717, 1.165) is 23.6 Å². The second-order valence-corrected chi connectivity index (χ2v) is 6.75. The lowest BCUT2D eigenvalue weighted by Gasteiger charge is -2.24. The van der Waals surface area contributed by atoms with Crippen molar-refractivity contribution in [2.75, 3.05) is 20.2 Å². The zero-order valence-corrected chi connectivity index (χ0v) is 16.7. The third-order valence-corrected chi connectivity index (χ3v) is 4.05. The Morgan fingerprint density at radius 2 is 1.89 bits per heavy atom. The highest BCUT2D eigenvalue weighted by Crippen LogP contribution is 2.17. The van der Waals surface area contributed by atoms with Crippen molar-refractivity contribution in [3.63, 3.8) is 0 Å². The van der Waals surface area contributed by atoms with E-state index >= 15 is 0 Å². The second-order valence-electron chi connectivity index (χ2n) is 6.75. The van der Waals surface area contributed by atoms with E-state index in [2.05, 4.69) is 20.6 Å². The summed E-state index contributed by atoms with van der Waals surface area (Å²) in [6.45, 7) is 8.48. The number of benzene rings is 1. The predicted molar refractivity (Wildman–Crippen MR) is 109 cm³/mol. The number of nitrogens with zero attached hydrogens (tertiary/aromatic N) is 2. The van der Waals surface area contributed by atoms with Gasteiger partial charge in [-0.2, -0.15) is 0 Å². The van der Waals surface area contributed by atoms with Crippen LogP contribution < -0.4 is 15.4 Å². The first-order valence-corrected chi connectivity index (χ1v) is 9.22. The largest absolute Gasteiger partial charge is 0.473 e. The van der Waals surface area contributed by atoms with Crippen LogP contribution in [-0.2, 0) is 17.9 Å². The van der Waals surface area contributed by atoms with Gasteiger partial charge in [0.15, 0.2) is 5.96 Å². The summed E-state index contributed by atoms with van der Waals surface area (Å²) in [5.41, 5.74) is 1.78. The second kappa shape index (κ2) is 10.5. The molecule has 2 aromatic rings. The highest BCUT2D eigenvalue weighted by molar-refractivity contribution is 5.79. The van der Waals surface area contributed by atoms with Crippen LogP contribution in [0.15, 0.2) is 53.7 Å². The summed E-state index contributed by atoms with van der Waals surface area (Å²) in [6.07, 6.45) is 1.73. The minimum Gasteiger partial charge on any atom is -0.473 e.